The lowest BCUT2D eigenvalue weighted by molar-refractivity contribution is 0.101. The van der Waals surface area contributed by atoms with Crippen molar-refractivity contribution in [3.8, 4) is 0 Å². The summed E-state index contributed by atoms with van der Waals surface area (Å²) in [6, 6.07) is 5.78. The molecule has 0 aliphatic heterocycles. The highest BCUT2D eigenvalue weighted by Gasteiger charge is 2.19. The molecule has 0 radical (unpaired) electrons. The summed E-state index contributed by atoms with van der Waals surface area (Å²) in [5, 5.41) is 0. The van der Waals surface area contributed by atoms with E-state index in [4.69, 9.17) is 4.42 Å². The van der Waals surface area contributed by atoms with E-state index in [9.17, 15) is 4.79 Å². The number of thiophene rings is 1. The van der Waals surface area contributed by atoms with Gasteiger partial charge in [-0.2, -0.15) is 0 Å². The predicted octanol–water partition coefficient (Wildman–Crippen LogP) is 4.40. The molecular weight excluding hydrogens is 256 g/mol. The molecule has 100 valence electrons. The summed E-state index contributed by atoms with van der Waals surface area (Å²) in [7, 11) is 0. The second-order valence-electron chi connectivity index (χ2n) is 5.07. The van der Waals surface area contributed by atoms with Crippen molar-refractivity contribution in [1.82, 2.24) is 0 Å². The third kappa shape index (κ3) is 2.52. The number of hydrogen-bond acceptors (Lipinski definition) is 3. The van der Waals surface area contributed by atoms with E-state index in [1.54, 1.807) is 17.4 Å². The highest BCUT2D eigenvalue weighted by atomic mass is 32.1. The van der Waals surface area contributed by atoms with Crippen LogP contribution < -0.4 is 0 Å². The highest BCUT2D eigenvalue weighted by molar-refractivity contribution is 7.14. The van der Waals surface area contributed by atoms with Crippen LogP contribution >= 0.6 is 11.3 Å². The van der Waals surface area contributed by atoms with Gasteiger partial charge in [0.25, 0.3) is 0 Å². The number of aryl methyl sites for hydroxylation is 3. The average molecular weight is 274 g/mol. The maximum Gasteiger partial charge on any atom is 0.238 e. The lowest BCUT2D eigenvalue weighted by atomic mass is 10.1. The largest absolute Gasteiger partial charge is 0.458 e. The monoisotopic (exact) mass is 274 g/mol. The Kier molecular flexibility index (Phi) is 3.56. The summed E-state index contributed by atoms with van der Waals surface area (Å²) in [4.78, 5) is 14.6. The van der Waals surface area contributed by atoms with Gasteiger partial charge in [0, 0.05) is 11.3 Å². The van der Waals surface area contributed by atoms with Crippen LogP contribution in [0.4, 0.5) is 0 Å². The van der Waals surface area contributed by atoms with Gasteiger partial charge in [-0.05, 0) is 49.4 Å². The highest BCUT2D eigenvalue weighted by Crippen LogP contribution is 2.30. The van der Waals surface area contributed by atoms with Gasteiger partial charge in [-0.1, -0.05) is 13.3 Å². The van der Waals surface area contributed by atoms with Crippen molar-refractivity contribution >= 4 is 17.1 Å². The average Bonchev–Trinajstić information content (AvgIpc) is 3.00. The van der Waals surface area contributed by atoms with Crippen LogP contribution in [0.3, 0.4) is 0 Å². The lowest BCUT2D eigenvalue weighted by Crippen LogP contribution is -1.96. The molecule has 0 aromatic carbocycles. The van der Waals surface area contributed by atoms with Gasteiger partial charge in [0.2, 0.25) is 5.78 Å². The number of carbonyl (C=O) groups excluding carboxylic acids is 1. The summed E-state index contributed by atoms with van der Waals surface area (Å²) in [5.41, 5.74) is 1.38. The van der Waals surface area contributed by atoms with Gasteiger partial charge in [0.05, 0.1) is 4.88 Å². The molecule has 0 bridgehead atoms. The fourth-order valence-electron chi connectivity index (χ4n) is 2.59. The van der Waals surface area contributed by atoms with Crippen LogP contribution in [-0.4, -0.2) is 5.78 Å². The predicted molar refractivity (Wildman–Crippen MR) is 77.1 cm³/mol. The SMILES string of the molecule is CCc1ccc(C(=O)c2cc3c(s2)CCCCC3)o1. The molecule has 1 aliphatic carbocycles. The van der Waals surface area contributed by atoms with Crippen LogP contribution in [0.2, 0.25) is 0 Å². The maximum absolute atomic E-state index is 12.4. The van der Waals surface area contributed by atoms with Crippen molar-refractivity contribution in [3.05, 3.63) is 45.0 Å². The molecule has 0 spiro atoms. The summed E-state index contributed by atoms with van der Waals surface area (Å²) < 4.78 is 5.56. The molecule has 0 saturated heterocycles. The Morgan fingerprint density at radius 1 is 1.26 bits per heavy atom. The van der Waals surface area contributed by atoms with Gasteiger partial charge in [-0.15, -0.1) is 11.3 Å². The first-order chi connectivity index (χ1) is 9.28. The van der Waals surface area contributed by atoms with E-state index < -0.39 is 0 Å². The Hall–Kier alpha value is -1.35. The minimum absolute atomic E-state index is 0.0396. The summed E-state index contributed by atoms with van der Waals surface area (Å²) in [6.45, 7) is 2.03. The molecule has 19 heavy (non-hydrogen) atoms. The number of rotatable bonds is 3. The first kappa shape index (κ1) is 12.7. The van der Waals surface area contributed by atoms with Crippen LogP contribution in [0, 0.1) is 0 Å². The van der Waals surface area contributed by atoms with E-state index in [0.717, 1.165) is 29.9 Å². The lowest BCUT2D eigenvalue weighted by Gasteiger charge is -1.94. The molecule has 1 aliphatic rings. The maximum atomic E-state index is 12.4. The fraction of sp³-hybridized carbons (Fsp3) is 0.438. The van der Waals surface area contributed by atoms with Gasteiger partial charge >= 0.3 is 0 Å². The van der Waals surface area contributed by atoms with Crippen molar-refractivity contribution < 1.29 is 9.21 Å². The smallest absolute Gasteiger partial charge is 0.238 e. The van der Waals surface area contributed by atoms with Crippen LogP contribution in [0.5, 0.6) is 0 Å². The Morgan fingerprint density at radius 2 is 2.11 bits per heavy atom. The molecule has 0 unspecified atom stereocenters. The van der Waals surface area contributed by atoms with E-state index >= 15 is 0 Å². The molecule has 2 heterocycles. The van der Waals surface area contributed by atoms with E-state index in [0.29, 0.717) is 5.76 Å². The molecular formula is C16H18O2S. The third-order valence-electron chi connectivity index (χ3n) is 3.70. The Balaban J connectivity index is 1.87. The molecule has 0 saturated carbocycles. The zero-order valence-electron chi connectivity index (χ0n) is 11.2. The van der Waals surface area contributed by atoms with Crippen LogP contribution in [0.25, 0.3) is 0 Å². The minimum atomic E-state index is 0.0396. The van der Waals surface area contributed by atoms with Crippen molar-refractivity contribution in [2.24, 2.45) is 0 Å². The van der Waals surface area contributed by atoms with Crippen molar-refractivity contribution in [1.29, 1.82) is 0 Å². The number of furan rings is 1. The van der Waals surface area contributed by atoms with Crippen molar-refractivity contribution in [2.75, 3.05) is 0 Å². The quantitative estimate of drug-likeness (QED) is 0.613. The van der Waals surface area contributed by atoms with Crippen LogP contribution in [-0.2, 0) is 19.3 Å². The van der Waals surface area contributed by atoms with Gasteiger partial charge in [-0.25, -0.2) is 0 Å². The molecule has 0 amide bonds. The first-order valence-corrected chi connectivity index (χ1v) is 7.84. The van der Waals surface area contributed by atoms with E-state index in [-0.39, 0.29) is 5.78 Å². The summed E-state index contributed by atoms with van der Waals surface area (Å²) in [6.07, 6.45) is 6.89. The van der Waals surface area contributed by atoms with Gasteiger partial charge in [0.1, 0.15) is 5.76 Å². The van der Waals surface area contributed by atoms with Crippen molar-refractivity contribution in [2.45, 2.75) is 45.4 Å². The van der Waals surface area contributed by atoms with E-state index in [1.807, 2.05) is 13.0 Å². The minimum Gasteiger partial charge on any atom is -0.458 e. The van der Waals surface area contributed by atoms with Crippen molar-refractivity contribution in [3.63, 3.8) is 0 Å². The molecule has 3 rings (SSSR count). The van der Waals surface area contributed by atoms with Gasteiger partial charge < -0.3 is 4.42 Å². The topological polar surface area (TPSA) is 30.2 Å². The molecule has 0 N–H and O–H groups in total. The number of hydrogen-bond donors (Lipinski definition) is 0. The van der Waals surface area contributed by atoms with E-state index in [2.05, 4.69) is 6.07 Å². The molecule has 0 fully saturated rings. The Bertz CT molecular complexity index is 568. The number of carbonyl (C=O) groups is 1. The fourth-order valence-corrected chi connectivity index (χ4v) is 3.79. The molecule has 3 heteroatoms. The molecule has 2 aromatic heterocycles. The third-order valence-corrected chi connectivity index (χ3v) is 4.94. The second kappa shape index (κ2) is 5.33. The Labute approximate surface area is 117 Å². The number of ketones is 1. The number of fused-ring (bicyclic) bond motifs is 1. The zero-order chi connectivity index (χ0) is 13.2. The molecule has 0 atom stereocenters. The molecule has 2 aromatic rings. The van der Waals surface area contributed by atoms with E-state index in [1.165, 1.54) is 29.7 Å². The summed E-state index contributed by atoms with van der Waals surface area (Å²) in [5.74, 6) is 1.40. The molecule has 2 nitrogen and oxygen atoms in total. The van der Waals surface area contributed by atoms with Gasteiger partial charge in [-0.3, -0.25) is 4.79 Å². The summed E-state index contributed by atoms with van der Waals surface area (Å²) >= 11 is 1.66. The first-order valence-electron chi connectivity index (χ1n) is 7.03. The zero-order valence-corrected chi connectivity index (χ0v) is 12.0. The van der Waals surface area contributed by atoms with Crippen LogP contribution in [0.1, 0.15) is 57.8 Å². The standard InChI is InChI=1S/C16H18O2S/c1-2-12-8-9-13(18-12)16(17)15-10-11-6-4-3-5-7-14(11)19-15/h8-10H,2-7H2,1H3. The van der Waals surface area contributed by atoms with Gasteiger partial charge in [0.15, 0.2) is 5.76 Å². The van der Waals surface area contributed by atoms with Crippen LogP contribution in [0.15, 0.2) is 22.6 Å². The second-order valence-corrected chi connectivity index (χ2v) is 6.21. The normalized spacial score (nSPS) is 15.0. The Morgan fingerprint density at radius 3 is 2.89 bits per heavy atom.